The zero-order valence-electron chi connectivity index (χ0n) is 37.8. The lowest BCUT2D eigenvalue weighted by atomic mass is 9.91. The number of unbranched alkanes of at least 4 members (excludes halogenated alkanes) is 27. The fourth-order valence-corrected chi connectivity index (χ4v) is 8.23. The summed E-state index contributed by atoms with van der Waals surface area (Å²) in [5, 5.41) is 11.3. The Balaban J connectivity index is 2.10. The van der Waals surface area contributed by atoms with E-state index in [9.17, 15) is 14.7 Å². The average molecular weight is 793 g/mol. The number of likely N-dealkylation sites (N-methyl/N-ethyl adjacent to an activating group) is 1. The van der Waals surface area contributed by atoms with Gasteiger partial charge in [0, 0.05) is 45.6 Å². The number of carbonyl (C=O) groups excluding carboxylic acids is 2. The Labute approximate surface area is 348 Å². The molecular weight excluding hydrogens is 697 g/mol. The highest BCUT2D eigenvalue weighted by atomic mass is 16.5. The molecule has 1 aliphatic heterocycles. The van der Waals surface area contributed by atoms with Crippen LogP contribution >= 0.6 is 0 Å². The number of hydrogen-bond acceptors (Lipinski definition) is 7. The van der Waals surface area contributed by atoms with Gasteiger partial charge in [0.15, 0.2) is 0 Å². The van der Waals surface area contributed by atoms with Crippen LogP contribution in [0.15, 0.2) is 0 Å². The minimum Gasteiger partial charge on any atom is -0.466 e. The molecule has 56 heavy (non-hydrogen) atoms. The van der Waals surface area contributed by atoms with Gasteiger partial charge in [-0.05, 0) is 64.3 Å². The molecule has 0 saturated carbocycles. The van der Waals surface area contributed by atoms with Gasteiger partial charge >= 0.3 is 11.9 Å². The van der Waals surface area contributed by atoms with Gasteiger partial charge in [-0.25, -0.2) is 0 Å². The molecule has 1 fully saturated rings. The lowest BCUT2D eigenvalue weighted by molar-refractivity contribution is -0.144. The summed E-state index contributed by atoms with van der Waals surface area (Å²) in [6.45, 7) is 10.7. The fraction of sp³-hybridized carbons (Fsp3) is 0.959. The summed E-state index contributed by atoms with van der Waals surface area (Å²) in [5.41, 5.74) is 0. The number of hydrogen-bond donors (Lipinski definition) is 1. The quantitative estimate of drug-likeness (QED) is 0.0487. The number of ether oxygens (including phenoxy) is 2. The highest BCUT2D eigenvalue weighted by Gasteiger charge is 2.24. The molecule has 1 saturated heterocycles. The number of esters is 2. The molecule has 0 aliphatic carbocycles. The third-order valence-electron chi connectivity index (χ3n) is 12.2. The van der Waals surface area contributed by atoms with Crippen molar-refractivity contribution in [3.63, 3.8) is 0 Å². The average Bonchev–Trinajstić information content (AvgIpc) is 3.19. The van der Waals surface area contributed by atoms with E-state index >= 15 is 0 Å². The summed E-state index contributed by atoms with van der Waals surface area (Å²) < 4.78 is 11.1. The van der Waals surface area contributed by atoms with E-state index < -0.39 is 0 Å². The third-order valence-corrected chi connectivity index (χ3v) is 12.2. The van der Waals surface area contributed by atoms with Crippen LogP contribution in [0.25, 0.3) is 0 Å². The number of aliphatic hydroxyl groups is 1. The van der Waals surface area contributed by atoms with Crippen LogP contribution in [0.1, 0.15) is 239 Å². The van der Waals surface area contributed by atoms with E-state index in [1.165, 1.54) is 141 Å². The molecule has 7 heteroatoms. The van der Waals surface area contributed by atoms with Gasteiger partial charge in [-0.15, -0.1) is 0 Å². The number of carbonyl (C=O) groups is 2. The van der Waals surface area contributed by atoms with Crippen LogP contribution in [0.2, 0.25) is 0 Å². The van der Waals surface area contributed by atoms with Crippen molar-refractivity contribution in [1.82, 2.24) is 9.80 Å². The largest absolute Gasteiger partial charge is 0.466 e. The van der Waals surface area contributed by atoms with Gasteiger partial charge in [0.1, 0.15) is 0 Å². The van der Waals surface area contributed by atoms with Crippen molar-refractivity contribution < 1.29 is 24.2 Å². The first-order valence-corrected chi connectivity index (χ1v) is 24.9. The van der Waals surface area contributed by atoms with Crippen molar-refractivity contribution >= 4 is 11.9 Å². The molecule has 0 radical (unpaired) electrons. The van der Waals surface area contributed by atoms with E-state index in [0.29, 0.717) is 26.1 Å². The predicted molar refractivity (Wildman–Crippen MR) is 238 cm³/mol. The molecule has 0 aromatic heterocycles. The first kappa shape index (κ1) is 52.8. The standard InChI is InChI=1S/C49H96N2O5/c1-4-6-8-10-12-14-16-18-20-22-24-26-30-37-48(53)55-43-33-28-29-36-47(52)46(45-51-41-39-50(3)40-42-51)35-32-34-44-56-49(54)38-31-27-25-23-21-19-17-15-13-11-9-7-5-2/h46-47,52H,4-45H2,1-3H3. The van der Waals surface area contributed by atoms with E-state index in [0.717, 1.165) is 103 Å². The molecule has 2 unspecified atom stereocenters. The molecule has 2 atom stereocenters. The van der Waals surface area contributed by atoms with Crippen LogP contribution in [-0.4, -0.2) is 85.9 Å². The van der Waals surface area contributed by atoms with E-state index in [2.05, 4.69) is 30.7 Å². The van der Waals surface area contributed by atoms with Gasteiger partial charge in [-0.3, -0.25) is 9.59 Å². The second-order valence-corrected chi connectivity index (χ2v) is 17.7. The Hall–Kier alpha value is -1.18. The molecule has 1 aliphatic rings. The molecule has 0 aromatic carbocycles. The SMILES string of the molecule is CCCCCCCCCCCCCCCC(=O)OCCCCCC(O)C(CCCCOC(=O)CCCCCCCCCCCCCCC)CN1CCN(C)CC1. The van der Waals surface area contributed by atoms with Gasteiger partial charge in [-0.2, -0.15) is 0 Å². The van der Waals surface area contributed by atoms with Crippen LogP contribution in [0.5, 0.6) is 0 Å². The van der Waals surface area contributed by atoms with Crippen molar-refractivity contribution in [2.45, 2.75) is 245 Å². The number of nitrogens with zero attached hydrogens (tertiary/aromatic N) is 2. The smallest absolute Gasteiger partial charge is 0.305 e. The molecule has 0 aromatic rings. The maximum Gasteiger partial charge on any atom is 0.305 e. The summed E-state index contributed by atoms with van der Waals surface area (Å²) in [6.07, 6.45) is 41.2. The fourth-order valence-electron chi connectivity index (χ4n) is 8.23. The summed E-state index contributed by atoms with van der Waals surface area (Å²) in [5.74, 6) is 0.135. The lowest BCUT2D eigenvalue weighted by Crippen LogP contribution is -2.47. The Morgan fingerprint density at radius 3 is 1.21 bits per heavy atom. The summed E-state index contributed by atoms with van der Waals surface area (Å²) >= 11 is 0. The Kier molecular flexibility index (Phi) is 38.3. The van der Waals surface area contributed by atoms with E-state index in [-0.39, 0.29) is 24.0 Å². The molecule has 0 spiro atoms. The van der Waals surface area contributed by atoms with Gasteiger partial charge in [0.2, 0.25) is 0 Å². The molecule has 0 bridgehead atoms. The monoisotopic (exact) mass is 793 g/mol. The second-order valence-electron chi connectivity index (χ2n) is 17.7. The van der Waals surface area contributed by atoms with Crippen LogP contribution < -0.4 is 0 Å². The van der Waals surface area contributed by atoms with E-state index in [4.69, 9.17) is 9.47 Å². The molecule has 7 nitrogen and oxygen atoms in total. The van der Waals surface area contributed by atoms with E-state index in [1.54, 1.807) is 0 Å². The van der Waals surface area contributed by atoms with Crippen molar-refractivity contribution in [2.24, 2.45) is 5.92 Å². The molecule has 1 heterocycles. The van der Waals surface area contributed by atoms with Gasteiger partial charge < -0.3 is 24.4 Å². The van der Waals surface area contributed by atoms with Crippen LogP contribution in [0.3, 0.4) is 0 Å². The van der Waals surface area contributed by atoms with Crippen LogP contribution in [0, 0.1) is 5.92 Å². The second kappa shape index (κ2) is 40.6. The van der Waals surface area contributed by atoms with E-state index in [1.807, 2.05) is 0 Å². The van der Waals surface area contributed by atoms with Gasteiger partial charge in [-0.1, -0.05) is 174 Å². The molecule has 1 rings (SSSR count). The molecule has 0 amide bonds. The van der Waals surface area contributed by atoms with Crippen molar-refractivity contribution in [2.75, 3.05) is 53.0 Å². The van der Waals surface area contributed by atoms with Crippen molar-refractivity contribution in [3.8, 4) is 0 Å². The van der Waals surface area contributed by atoms with Crippen LogP contribution in [0.4, 0.5) is 0 Å². The third kappa shape index (κ3) is 34.8. The first-order valence-electron chi connectivity index (χ1n) is 24.9. The van der Waals surface area contributed by atoms with Gasteiger partial charge in [0.25, 0.3) is 0 Å². The first-order chi connectivity index (χ1) is 27.5. The topological polar surface area (TPSA) is 79.3 Å². The maximum absolute atomic E-state index is 12.3. The molecular formula is C49H96N2O5. The van der Waals surface area contributed by atoms with Crippen LogP contribution in [-0.2, 0) is 19.1 Å². The highest BCUT2D eigenvalue weighted by Crippen LogP contribution is 2.21. The zero-order valence-corrected chi connectivity index (χ0v) is 37.8. The van der Waals surface area contributed by atoms with Crippen molar-refractivity contribution in [1.29, 1.82) is 0 Å². The minimum absolute atomic E-state index is 0.0487. The number of rotatable bonds is 42. The van der Waals surface area contributed by atoms with Crippen molar-refractivity contribution in [3.05, 3.63) is 0 Å². The number of aliphatic hydroxyl groups excluding tert-OH is 1. The number of piperazine rings is 1. The molecule has 1 N–H and O–H groups in total. The highest BCUT2D eigenvalue weighted by molar-refractivity contribution is 5.69. The predicted octanol–water partition coefficient (Wildman–Crippen LogP) is 13.0. The summed E-state index contributed by atoms with van der Waals surface area (Å²) in [6, 6.07) is 0. The zero-order chi connectivity index (χ0) is 40.6. The molecule has 332 valence electrons. The Morgan fingerprint density at radius 1 is 0.464 bits per heavy atom. The Morgan fingerprint density at radius 2 is 0.804 bits per heavy atom. The Bertz CT molecular complexity index is 848. The maximum atomic E-state index is 12.3. The lowest BCUT2D eigenvalue weighted by Gasteiger charge is -2.36. The normalized spacial score (nSPS) is 14.9. The summed E-state index contributed by atoms with van der Waals surface area (Å²) in [7, 11) is 2.18. The minimum atomic E-state index is -0.328. The summed E-state index contributed by atoms with van der Waals surface area (Å²) in [4.78, 5) is 29.4. The van der Waals surface area contributed by atoms with Gasteiger partial charge in [0.05, 0.1) is 19.3 Å².